The highest BCUT2D eigenvalue weighted by Crippen LogP contribution is 2.32. The monoisotopic (exact) mass is 468 g/mol. The highest BCUT2D eigenvalue weighted by atomic mass is 32.2. The minimum atomic E-state index is -3.94. The zero-order valence-corrected chi connectivity index (χ0v) is 18.8. The fourth-order valence-electron chi connectivity index (χ4n) is 3.41. The van der Waals surface area contributed by atoms with Crippen LogP contribution < -0.4 is 24.2 Å². The van der Waals surface area contributed by atoms with Gasteiger partial charge in [0.25, 0.3) is 0 Å². The molecule has 8 nitrogen and oxygen atoms in total. The van der Waals surface area contributed by atoms with Gasteiger partial charge in [-0.05, 0) is 53.9 Å². The number of rotatable bonds is 9. The topological polar surface area (TPSA) is 103 Å². The van der Waals surface area contributed by atoms with Crippen molar-refractivity contribution in [3.8, 4) is 17.2 Å². The van der Waals surface area contributed by atoms with Gasteiger partial charge in [-0.2, -0.15) is 4.72 Å². The smallest absolute Gasteiger partial charge is 0.241 e. The van der Waals surface area contributed by atoms with Gasteiger partial charge in [-0.25, -0.2) is 8.42 Å². The third-order valence-corrected chi connectivity index (χ3v) is 6.66. The molecule has 0 radical (unpaired) electrons. The van der Waals surface area contributed by atoms with E-state index in [0.717, 1.165) is 11.1 Å². The molecule has 4 rings (SSSR count). The van der Waals surface area contributed by atoms with Gasteiger partial charge in [0, 0.05) is 6.54 Å². The Morgan fingerprint density at radius 2 is 1.70 bits per heavy atom. The number of hydrogen-bond acceptors (Lipinski definition) is 6. The maximum atomic E-state index is 13.1. The molecule has 2 N–H and O–H groups in total. The van der Waals surface area contributed by atoms with E-state index >= 15 is 0 Å². The molecule has 0 bridgehead atoms. The standard InChI is InChI=1S/C24H24N2O6S/c1-30-19-8-10-20(11-9-19)33(28,29)26-21(13-17-5-3-2-4-6-17)24(27)25-15-18-7-12-22-23(14-18)32-16-31-22/h2-12,14,21,26H,13,15-16H2,1H3,(H,25,27). The van der Waals surface area contributed by atoms with E-state index in [1.165, 1.54) is 19.2 Å². The summed E-state index contributed by atoms with van der Waals surface area (Å²) in [5.74, 6) is 1.37. The van der Waals surface area contributed by atoms with Crippen LogP contribution in [-0.4, -0.2) is 34.3 Å². The number of ether oxygens (including phenoxy) is 3. The van der Waals surface area contributed by atoms with Gasteiger partial charge in [0.15, 0.2) is 11.5 Å². The van der Waals surface area contributed by atoms with Crippen molar-refractivity contribution in [3.05, 3.63) is 83.9 Å². The fraction of sp³-hybridized carbons (Fsp3) is 0.208. The summed E-state index contributed by atoms with van der Waals surface area (Å²) in [5.41, 5.74) is 1.64. The van der Waals surface area contributed by atoms with Crippen LogP contribution in [0.25, 0.3) is 0 Å². The molecule has 0 fully saturated rings. The van der Waals surface area contributed by atoms with Crippen molar-refractivity contribution < 1.29 is 27.4 Å². The number of sulfonamides is 1. The third-order valence-electron chi connectivity index (χ3n) is 5.17. The predicted octanol–water partition coefficient (Wildman–Crippen LogP) is 2.63. The van der Waals surface area contributed by atoms with Crippen molar-refractivity contribution in [2.24, 2.45) is 0 Å². The van der Waals surface area contributed by atoms with Crippen LogP contribution in [0.3, 0.4) is 0 Å². The van der Waals surface area contributed by atoms with Crippen molar-refractivity contribution in [2.75, 3.05) is 13.9 Å². The average Bonchev–Trinajstić information content (AvgIpc) is 3.30. The van der Waals surface area contributed by atoms with Gasteiger partial charge in [-0.1, -0.05) is 36.4 Å². The van der Waals surface area contributed by atoms with Gasteiger partial charge in [-0.15, -0.1) is 0 Å². The Bertz CT molecular complexity index is 1210. The lowest BCUT2D eigenvalue weighted by Gasteiger charge is -2.19. The predicted molar refractivity (Wildman–Crippen MR) is 122 cm³/mol. The molecule has 0 spiro atoms. The molecule has 0 saturated heterocycles. The van der Waals surface area contributed by atoms with Gasteiger partial charge >= 0.3 is 0 Å². The van der Waals surface area contributed by atoms with E-state index in [4.69, 9.17) is 14.2 Å². The Kier molecular flexibility index (Phi) is 6.81. The van der Waals surface area contributed by atoms with E-state index in [1.807, 2.05) is 36.4 Å². The van der Waals surface area contributed by atoms with Crippen LogP contribution in [0.15, 0.2) is 77.7 Å². The summed E-state index contributed by atoms with van der Waals surface area (Å²) < 4.78 is 44.3. The first kappa shape index (κ1) is 22.6. The number of amides is 1. The first-order valence-electron chi connectivity index (χ1n) is 10.3. The number of methoxy groups -OCH3 is 1. The second-order valence-electron chi connectivity index (χ2n) is 7.44. The summed E-state index contributed by atoms with van der Waals surface area (Å²) in [5, 5.41) is 2.82. The Morgan fingerprint density at radius 1 is 0.970 bits per heavy atom. The quantitative estimate of drug-likeness (QED) is 0.501. The van der Waals surface area contributed by atoms with E-state index in [0.29, 0.717) is 17.2 Å². The van der Waals surface area contributed by atoms with Crippen LogP contribution in [0.1, 0.15) is 11.1 Å². The molecule has 0 aromatic heterocycles. The lowest BCUT2D eigenvalue weighted by molar-refractivity contribution is -0.122. The number of nitrogens with one attached hydrogen (secondary N) is 2. The highest BCUT2D eigenvalue weighted by molar-refractivity contribution is 7.89. The Balaban J connectivity index is 1.50. The van der Waals surface area contributed by atoms with Crippen molar-refractivity contribution >= 4 is 15.9 Å². The fourth-order valence-corrected chi connectivity index (χ4v) is 4.61. The number of carbonyl (C=O) groups is 1. The van der Waals surface area contributed by atoms with Gasteiger partial charge < -0.3 is 19.5 Å². The summed E-state index contributed by atoms with van der Waals surface area (Å²) in [6.45, 7) is 0.377. The third kappa shape index (κ3) is 5.63. The zero-order valence-electron chi connectivity index (χ0n) is 18.0. The molecule has 9 heteroatoms. The van der Waals surface area contributed by atoms with Crippen molar-refractivity contribution in [3.63, 3.8) is 0 Å². The number of carbonyl (C=O) groups excluding carboxylic acids is 1. The molecule has 3 aromatic rings. The first-order valence-corrected chi connectivity index (χ1v) is 11.8. The number of benzene rings is 3. The molecule has 3 aromatic carbocycles. The molecule has 1 unspecified atom stereocenters. The summed E-state index contributed by atoms with van der Waals surface area (Å²) in [6.07, 6.45) is 0.198. The summed E-state index contributed by atoms with van der Waals surface area (Å²) in [7, 11) is -2.44. The summed E-state index contributed by atoms with van der Waals surface area (Å²) in [4.78, 5) is 13.1. The van der Waals surface area contributed by atoms with E-state index in [2.05, 4.69) is 10.0 Å². The molecule has 1 atom stereocenters. The largest absolute Gasteiger partial charge is 0.497 e. The molecule has 172 valence electrons. The molecule has 33 heavy (non-hydrogen) atoms. The Hall–Kier alpha value is -3.56. The van der Waals surface area contributed by atoms with Crippen molar-refractivity contribution in [1.29, 1.82) is 0 Å². The maximum absolute atomic E-state index is 13.1. The van der Waals surface area contributed by atoms with Crippen molar-refractivity contribution in [1.82, 2.24) is 10.0 Å². The van der Waals surface area contributed by atoms with Crippen LogP contribution in [0.4, 0.5) is 0 Å². The highest BCUT2D eigenvalue weighted by Gasteiger charge is 2.26. The minimum Gasteiger partial charge on any atom is -0.497 e. The Labute approximate surface area is 192 Å². The molecule has 0 aliphatic carbocycles. The molecular weight excluding hydrogens is 444 g/mol. The van der Waals surface area contributed by atoms with Crippen molar-refractivity contribution in [2.45, 2.75) is 23.9 Å². The SMILES string of the molecule is COc1ccc(S(=O)(=O)NC(Cc2ccccc2)C(=O)NCc2ccc3c(c2)OCO3)cc1. The number of fused-ring (bicyclic) bond motifs is 1. The molecular formula is C24H24N2O6S. The van der Waals surface area contributed by atoms with E-state index in [1.54, 1.807) is 24.3 Å². The second-order valence-corrected chi connectivity index (χ2v) is 9.16. The minimum absolute atomic E-state index is 0.0462. The lowest BCUT2D eigenvalue weighted by Crippen LogP contribution is -2.47. The van der Waals surface area contributed by atoms with Gasteiger partial charge in [0.1, 0.15) is 11.8 Å². The normalized spacial score (nSPS) is 13.4. The van der Waals surface area contributed by atoms with Crippen LogP contribution in [-0.2, 0) is 27.8 Å². The van der Waals surface area contributed by atoms with Crippen LogP contribution in [0.5, 0.6) is 17.2 Å². The maximum Gasteiger partial charge on any atom is 0.241 e. The van der Waals surface area contributed by atoms with Gasteiger partial charge in [0.05, 0.1) is 12.0 Å². The second kappa shape index (κ2) is 9.93. The van der Waals surface area contributed by atoms with Gasteiger partial charge in [-0.3, -0.25) is 4.79 Å². The van der Waals surface area contributed by atoms with E-state index in [9.17, 15) is 13.2 Å². The van der Waals surface area contributed by atoms with Crippen LogP contribution in [0.2, 0.25) is 0 Å². The van der Waals surface area contributed by atoms with Crippen LogP contribution in [0, 0.1) is 0 Å². The molecule has 1 amide bonds. The van der Waals surface area contributed by atoms with Crippen LogP contribution >= 0.6 is 0 Å². The number of hydrogen-bond donors (Lipinski definition) is 2. The molecule has 1 aliphatic heterocycles. The molecule has 0 saturated carbocycles. The van der Waals surface area contributed by atoms with E-state index < -0.39 is 22.0 Å². The summed E-state index contributed by atoms with van der Waals surface area (Å²) in [6, 6.07) is 19.6. The lowest BCUT2D eigenvalue weighted by atomic mass is 10.1. The average molecular weight is 469 g/mol. The van der Waals surface area contributed by atoms with Gasteiger partial charge in [0.2, 0.25) is 22.7 Å². The first-order chi connectivity index (χ1) is 15.9. The molecule has 1 aliphatic rings. The zero-order chi connectivity index (χ0) is 23.3. The molecule has 1 heterocycles. The summed E-state index contributed by atoms with van der Waals surface area (Å²) >= 11 is 0. The Morgan fingerprint density at radius 3 is 2.42 bits per heavy atom. The van der Waals surface area contributed by atoms with E-state index in [-0.39, 0.29) is 24.7 Å².